The van der Waals surface area contributed by atoms with Gasteiger partial charge in [-0.15, -0.1) is 0 Å². The van der Waals surface area contributed by atoms with Gasteiger partial charge in [-0.25, -0.2) is 0 Å². The maximum absolute atomic E-state index is 15.0. The molecule has 2 aliphatic heterocycles. The molecule has 0 radical (unpaired) electrons. The number of epoxide rings is 1. The third-order valence-electron chi connectivity index (χ3n) is 12.6. The second-order valence-corrected chi connectivity index (χ2v) is 13.9. The van der Waals surface area contributed by atoms with Crippen molar-refractivity contribution < 1.29 is 53.1 Å². The van der Waals surface area contributed by atoms with E-state index in [-0.39, 0.29) is 31.5 Å². The van der Waals surface area contributed by atoms with Crippen molar-refractivity contribution >= 4 is 17.7 Å². The van der Waals surface area contributed by atoms with Crippen molar-refractivity contribution in [2.24, 2.45) is 33.5 Å². The predicted octanol–water partition coefficient (Wildman–Crippen LogP) is 1.47. The van der Waals surface area contributed by atoms with E-state index < -0.39 is 87.5 Å². The fourth-order valence-electron chi connectivity index (χ4n) is 11.0. The number of aliphatic hydroxyl groups excluding tert-OH is 3. The van der Waals surface area contributed by atoms with Crippen LogP contribution >= 0.6 is 0 Å². The van der Waals surface area contributed by atoms with Crippen LogP contribution in [0, 0.1) is 33.5 Å². The lowest BCUT2D eigenvalue weighted by atomic mass is 9.33. The van der Waals surface area contributed by atoms with Crippen LogP contribution in [0.15, 0.2) is 23.0 Å². The number of carbonyl (C=O) groups excluding carboxylic acids is 3. The molecule has 3 N–H and O–H groups in total. The van der Waals surface area contributed by atoms with E-state index in [1.807, 2.05) is 19.9 Å². The lowest BCUT2D eigenvalue weighted by molar-refractivity contribution is -0.373. The molecule has 0 aromatic carbocycles. The quantitative estimate of drug-likeness (QED) is 0.354. The molecular formula is C30H38O11. The number of hydrogen-bond acceptors (Lipinski definition) is 11. The van der Waals surface area contributed by atoms with Gasteiger partial charge < -0.3 is 38.7 Å². The molecule has 14 atom stereocenters. The molecule has 2 saturated heterocycles. The third kappa shape index (κ3) is 2.85. The number of esters is 2. The average Bonchev–Trinajstić information content (AvgIpc) is 3.26. The highest BCUT2D eigenvalue weighted by Crippen LogP contribution is 2.82. The molecule has 7 rings (SSSR count). The van der Waals surface area contributed by atoms with E-state index in [9.17, 15) is 24.9 Å². The minimum absolute atomic E-state index is 0.0205. The lowest BCUT2D eigenvalue weighted by Gasteiger charge is -2.73. The van der Waals surface area contributed by atoms with Gasteiger partial charge >= 0.3 is 11.9 Å². The zero-order valence-electron chi connectivity index (χ0n) is 23.9. The van der Waals surface area contributed by atoms with Crippen LogP contribution in [0.5, 0.6) is 0 Å². The minimum atomic E-state index is -1.36. The maximum atomic E-state index is 15.0. The van der Waals surface area contributed by atoms with Crippen molar-refractivity contribution in [1.29, 1.82) is 0 Å². The van der Waals surface area contributed by atoms with Crippen LogP contribution in [-0.4, -0.2) is 82.1 Å². The summed E-state index contributed by atoms with van der Waals surface area (Å²) in [4.78, 5) is 39.7. The number of Topliss-reactive ketones (excluding diaryl/α,β-unsaturated/α-hetero) is 1. The highest BCUT2D eigenvalue weighted by Gasteiger charge is 2.92. The summed E-state index contributed by atoms with van der Waals surface area (Å²) in [6.07, 6.45) is -2.27. The fourth-order valence-corrected chi connectivity index (χ4v) is 11.0. The van der Waals surface area contributed by atoms with E-state index in [1.165, 1.54) is 13.8 Å². The van der Waals surface area contributed by atoms with E-state index in [0.717, 1.165) is 5.56 Å². The summed E-state index contributed by atoms with van der Waals surface area (Å²) in [5.74, 6) is -3.56. The van der Waals surface area contributed by atoms with Gasteiger partial charge in [-0.3, -0.25) is 14.4 Å². The number of ether oxygens (including phenoxy) is 4. The van der Waals surface area contributed by atoms with Crippen molar-refractivity contribution in [2.45, 2.75) is 102 Å². The van der Waals surface area contributed by atoms with E-state index in [0.29, 0.717) is 6.42 Å². The molecule has 1 spiro atoms. The van der Waals surface area contributed by atoms with Crippen LogP contribution in [-0.2, 0) is 33.3 Å². The summed E-state index contributed by atoms with van der Waals surface area (Å²) >= 11 is 0. The fraction of sp³-hybridized carbons (Fsp3) is 0.767. The monoisotopic (exact) mass is 574 g/mol. The van der Waals surface area contributed by atoms with Crippen LogP contribution in [0.1, 0.15) is 65.4 Å². The first-order chi connectivity index (χ1) is 19.2. The van der Waals surface area contributed by atoms with Gasteiger partial charge in [0.1, 0.15) is 11.7 Å². The second-order valence-electron chi connectivity index (χ2n) is 13.9. The average molecular weight is 575 g/mol. The Morgan fingerprint density at radius 2 is 1.68 bits per heavy atom. The van der Waals surface area contributed by atoms with Gasteiger partial charge in [0.05, 0.1) is 48.3 Å². The summed E-state index contributed by atoms with van der Waals surface area (Å²) in [6, 6.07) is 1.84. The number of furan rings is 1. The standard InChI is InChI=1S/C30H38O11/c1-13(31)39-20-10-19(34)29-12-38-25(36)26(20,3)17(29)9-18(33)28(5)23(29)22(35)24(40-14(2)32)27(4)16(15-6-7-37-11-15)8-21-30(27,28)41-21/h6-7,11,16-21,23-25,33-34,36H,8-10,12H2,1-5H3/t16-,17-,18+,19-,20-,21+,23-,24-,25-,26+,27-,28-,29+,30-/m0/s1. The van der Waals surface area contributed by atoms with E-state index in [2.05, 4.69) is 0 Å². The molecule has 1 aromatic heterocycles. The Kier molecular flexibility index (Phi) is 5.50. The molecule has 6 aliphatic rings. The molecular weight excluding hydrogens is 536 g/mol. The number of rotatable bonds is 3. The van der Waals surface area contributed by atoms with Crippen LogP contribution in [0.4, 0.5) is 0 Å². The summed E-state index contributed by atoms with van der Waals surface area (Å²) in [7, 11) is 0. The maximum Gasteiger partial charge on any atom is 0.303 e. The van der Waals surface area contributed by atoms with Crippen molar-refractivity contribution in [3.05, 3.63) is 24.2 Å². The molecule has 11 nitrogen and oxygen atoms in total. The molecule has 4 aliphatic carbocycles. The zero-order valence-corrected chi connectivity index (χ0v) is 23.9. The number of carbonyl (C=O) groups is 3. The van der Waals surface area contributed by atoms with Crippen molar-refractivity contribution in [1.82, 2.24) is 0 Å². The number of ketones is 1. The number of hydrogen-bond donors (Lipinski definition) is 3. The Balaban J connectivity index is 1.44. The predicted molar refractivity (Wildman–Crippen MR) is 137 cm³/mol. The summed E-state index contributed by atoms with van der Waals surface area (Å²) in [6.45, 7) is 7.85. The second kappa shape index (κ2) is 8.19. The summed E-state index contributed by atoms with van der Waals surface area (Å²) in [5, 5.41) is 35.4. The molecule has 3 heterocycles. The van der Waals surface area contributed by atoms with Crippen LogP contribution in [0.3, 0.4) is 0 Å². The number of aliphatic hydroxyl groups is 3. The first-order valence-electron chi connectivity index (χ1n) is 14.5. The summed E-state index contributed by atoms with van der Waals surface area (Å²) in [5.41, 5.74) is -4.93. The Bertz CT molecular complexity index is 1310. The van der Waals surface area contributed by atoms with E-state index in [4.69, 9.17) is 23.4 Å². The van der Waals surface area contributed by atoms with Crippen molar-refractivity contribution in [3.8, 4) is 0 Å². The molecule has 1 aromatic rings. The van der Waals surface area contributed by atoms with Gasteiger partial charge in [0.2, 0.25) is 0 Å². The lowest BCUT2D eigenvalue weighted by Crippen LogP contribution is -2.82. The van der Waals surface area contributed by atoms with Gasteiger partial charge in [-0.05, 0) is 30.4 Å². The van der Waals surface area contributed by atoms with Gasteiger partial charge in [0.25, 0.3) is 0 Å². The molecule has 41 heavy (non-hydrogen) atoms. The van der Waals surface area contributed by atoms with E-state index >= 15 is 4.79 Å². The zero-order chi connectivity index (χ0) is 29.5. The Hall–Kier alpha value is -2.31. The van der Waals surface area contributed by atoms with Crippen LogP contribution < -0.4 is 0 Å². The molecule has 4 saturated carbocycles. The molecule has 6 fully saturated rings. The highest BCUT2D eigenvalue weighted by molar-refractivity contribution is 5.93. The van der Waals surface area contributed by atoms with Crippen LogP contribution in [0.25, 0.3) is 0 Å². The van der Waals surface area contributed by atoms with E-state index in [1.54, 1.807) is 19.5 Å². The van der Waals surface area contributed by atoms with Crippen molar-refractivity contribution in [3.63, 3.8) is 0 Å². The molecule has 224 valence electrons. The van der Waals surface area contributed by atoms with Gasteiger partial charge in [0.15, 0.2) is 18.2 Å². The van der Waals surface area contributed by atoms with Gasteiger partial charge in [-0.1, -0.05) is 20.8 Å². The smallest absolute Gasteiger partial charge is 0.303 e. The normalized spacial score (nSPS) is 54.7. The molecule has 0 unspecified atom stereocenters. The minimum Gasteiger partial charge on any atom is -0.472 e. The SMILES string of the molecule is CC(=O)O[C@H]1C[C@H](O)[C@@]23CO[C@H](O)[C@]1(C)[C@@H]2C[C@@H](O)[C@@]1(C)[C@@H]3C(=O)[C@H](OC(C)=O)[C@]2(C)[C@H](c3ccoc3)C[C@H]3O[C@]312. The topological polar surface area (TPSA) is 165 Å². The van der Waals surface area contributed by atoms with Gasteiger partial charge in [-0.2, -0.15) is 0 Å². The van der Waals surface area contributed by atoms with Gasteiger partial charge in [0, 0.05) is 42.9 Å². The highest BCUT2D eigenvalue weighted by atomic mass is 16.6. The molecule has 11 heteroatoms. The molecule has 2 bridgehead atoms. The number of fused-ring (bicyclic) bond motifs is 1. The first-order valence-corrected chi connectivity index (χ1v) is 14.5. The third-order valence-corrected chi connectivity index (χ3v) is 12.6. The Morgan fingerprint density at radius 3 is 2.32 bits per heavy atom. The summed E-state index contributed by atoms with van der Waals surface area (Å²) < 4.78 is 29.5. The first kappa shape index (κ1) is 27.5. The Labute approximate surface area is 237 Å². The largest absolute Gasteiger partial charge is 0.472 e. The molecule has 0 amide bonds. The Morgan fingerprint density at radius 1 is 0.976 bits per heavy atom. The van der Waals surface area contributed by atoms with Crippen molar-refractivity contribution in [2.75, 3.05) is 6.61 Å². The van der Waals surface area contributed by atoms with Crippen LogP contribution in [0.2, 0.25) is 0 Å².